The second kappa shape index (κ2) is 8.87. The predicted octanol–water partition coefficient (Wildman–Crippen LogP) is 4.88. The smallest absolute Gasteiger partial charge is 0.223 e. The van der Waals surface area contributed by atoms with Crippen LogP contribution in [0.4, 0.5) is 0 Å². The number of aryl methyl sites for hydroxylation is 1. The summed E-state index contributed by atoms with van der Waals surface area (Å²) in [5.74, 6) is 0.477. The van der Waals surface area contributed by atoms with Gasteiger partial charge in [0.15, 0.2) is 0 Å². The van der Waals surface area contributed by atoms with E-state index in [1.54, 1.807) is 0 Å². The quantitative estimate of drug-likeness (QED) is 0.741. The topological polar surface area (TPSA) is 37.3 Å². The van der Waals surface area contributed by atoms with Crippen LogP contribution in [0.15, 0.2) is 24.4 Å². The number of hydrogen-bond donors (Lipinski definition) is 1. The van der Waals surface area contributed by atoms with Crippen LogP contribution in [0.25, 0.3) is 10.9 Å². The predicted molar refractivity (Wildman–Crippen MR) is 116 cm³/mol. The van der Waals surface area contributed by atoms with Crippen LogP contribution in [-0.2, 0) is 18.4 Å². The number of benzene rings is 1. The van der Waals surface area contributed by atoms with E-state index in [1.165, 1.54) is 42.1 Å². The average molecular weight is 402 g/mol. The Labute approximate surface area is 173 Å². The summed E-state index contributed by atoms with van der Waals surface area (Å²) < 4.78 is 2.17. The lowest BCUT2D eigenvalue weighted by Crippen LogP contribution is -2.43. The van der Waals surface area contributed by atoms with Gasteiger partial charge in [-0.15, -0.1) is 0 Å². The molecule has 1 aromatic carbocycles. The van der Waals surface area contributed by atoms with Crippen LogP contribution in [-0.4, -0.2) is 34.5 Å². The van der Waals surface area contributed by atoms with Gasteiger partial charge in [-0.25, -0.2) is 0 Å². The molecule has 0 spiro atoms. The van der Waals surface area contributed by atoms with Gasteiger partial charge in [0.05, 0.1) is 0 Å². The Morgan fingerprint density at radius 2 is 1.82 bits per heavy atom. The number of aromatic nitrogens is 1. The van der Waals surface area contributed by atoms with E-state index in [-0.39, 0.29) is 5.92 Å². The van der Waals surface area contributed by atoms with Crippen LogP contribution < -0.4 is 5.32 Å². The third kappa shape index (κ3) is 4.55. The molecule has 4 rings (SSSR count). The highest BCUT2D eigenvalue weighted by molar-refractivity contribution is 6.31. The molecule has 152 valence electrons. The Morgan fingerprint density at radius 1 is 1.11 bits per heavy atom. The Kier molecular flexibility index (Phi) is 6.27. The Hall–Kier alpha value is -1.52. The number of hydrogen-bond acceptors (Lipinski definition) is 2. The molecule has 4 nitrogen and oxygen atoms in total. The first kappa shape index (κ1) is 19.8. The summed E-state index contributed by atoms with van der Waals surface area (Å²) in [6, 6.07) is 6.52. The molecule has 1 aliphatic carbocycles. The van der Waals surface area contributed by atoms with Gasteiger partial charge in [0.2, 0.25) is 5.91 Å². The van der Waals surface area contributed by atoms with Crippen LogP contribution in [0.3, 0.4) is 0 Å². The second-order valence-corrected chi connectivity index (χ2v) is 9.11. The molecule has 5 heteroatoms. The van der Waals surface area contributed by atoms with Gasteiger partial charge in [-0.2, -0.15) is 0 Å². The molecule has 0 atom stereocenters. The Morgan fingerprint density at radius 3 is 2.54 bits per heavy atom. The lowest BCUT2D eigenvalue weighted by molar-refractivity contribution is -0.127. The molecule has 2 heterocycles. The van der Waals surface area contributed by atoms with Gasteiger partial charge in [0.25, 0.3) is 0 Å². The summed E-state index contributed by atoms with van der Waals surface area (Å²) in [5, 5.41) is 5.38. The fourth-order valence-electron chi connectivity index (χ4n) is 4.91. The van der Waals surface area contributed by atoms with Gasteiger partial charge in [0.1, 0.15) is 0 Å². The SMILES string of the molecule is Cn1cc(CN2CCC(C(=O)NC3CCCCCC3)CC2)c2cc(Cl)ccc21. The van der Waals surface area contributed by atoms with Crippen molar-refractivity contribution in [3.63, 3.8) is 0 Å². The van der Waals surface area contributed by atoms with Crippen molar-refractivity contribution >= 4 is 28.4 Å². The van der Waals surface area contributed by atoms with Crippen LogP contribution >= 0.6 is 11.6 Å². The van der Waals surface area contributed by atoms with E-state index in [1.807, 2.05) is 6.07 Å². The zero-order valence-electron chi connectivity index (χ0n) is 16.9. The third-order valence-corrected chi connectivity index (χ3v) is 6.82. The molecule has 0 bridgehead atoms. The van der Waals surface area contributed by atoms with Crippen molar-refractivity contribution in [2.45, 2.75) is 64.0 Å². The molecule has 0 radical (unpaired) electrons. The van der Waals surface area contributed by atoms with Crippen molar-refractivity contribution < 1.29 is 4.79 Å². The van der Waals surface area contributed by atoms with Crippen LogP contribution in [0.2, 0.25) is 5.02 Å². The standard InChI is InChI=1S/C23H32ClN3O/c1-26-15-18(21-14-19(24)8-9-22(21)26)16-27-12-10-17(11-13-27)23(28)25-20-6-4-2-3-5-7-20/h8-9,14-15,17,20H,2-7,10-13,16H2,1H3,(H,25,28). The fourth-order valence-corrected chi connectivity index (χ4v) is 5.08. The van der Waals surface area contributed by atoms with E-state index >= 15 is 0 Å². The number of nitrogens with zero attached hydrogens (tertiary/aromatic N) is 2. The number of likely N-dealkylation sites (tertiary alicyclic amines) is 1. The molecular formula is C23H32ClN3O. The molecule has 1 saturated carbocycles. The van der Waals surface area contributed by atoms with E-state index in [0.29, 0.717) is 11.9 Å². The second-order valence-electron chi connectivity index (χ2n) is 8.67. The van der Waals surface area contributed by atoms with Crippen molar-refractivity contribution in [2.75, 3.05) is 13.1 Å². The molecule has 1 saturated heterocycles. The maximum Gasteiger partial charge on any atom is 0.223 e. The normalized spacial score (nSPS) is 20.4. The minimum atomic E-state index is 0.182. The van der Waals surface area contributed by atoms with E-state index in [9.17, 15) is 4.79 Å². The highest BCUT2D eigenvalue weighted by Gasteiger charge is 2.27. The minimum Gasteiger partial charge on any atom is -0.353 e. The fraction of sp³-hybridized carbons (Fsp3) is 0.609. The molecule has 28 heavy (non-hydrogen) atoms. The van der Waals surface area contributed by atoms with Crippen LogP contribution in [0.1, 0.15) is 56.9 Å². The van der Waals surface area contributed by atoms with E-state index in [4.69, 9.17) is 11.6 Å². The number of fused-ring (bicyclic) bond motifs is 1. The van der Waals surface area contributed by atoms with Gasteiger partial charge in [0, 0.05) is 47.7 Å². The molecular weight excluding hydrogens is 370 g/mol. The van der Waals surface area contributed by atoms with Crippen molar-refractivity contribution in [1.82, 2.24) is 14.8 Å². The summed E-state index contributed by atoms with van der Waals surface area (Å²) >= 11 is 6.22. The molecule has 2 fully saturated rings. The summed E-state index contributed by atoms with van der Waals surface area (Å²) in [7, 11) is 2.09. The van der Waals surface area contributed by atoms with Crippen LogP contribution in [0.5, 0.6) is 0 Å². The molecule has 1 N–H and O–H groups in total. The molecule has 2 aromatic rings. The van der Waals surface area contributed by atoms with Crippen LogP contribution in [0, 0.1) is 5.92 Å². The maximum atomic E-state index is 12.7. The Bertz CT molecular complexity index is 815. The lowest BCUT2D eigenvalue weighted by atomic mass is 9.94. The van der Waals surface area contributed by atoms with Gasteiger partial charge in [-0.05, 0) is 62.5 Å². The largest absolute Gasteiger partial charge is 0.353 e. The molecule has 0 unspecified atom stereocenters. The monoisotopic (exact) mass is 401 g/mol. The number of piperidine rings is 1. The summed E-state index contributed by atoms with van der Waals surface area (Å²) in [6.45, 7) is 2.90. The van der Waals surface area contributed by atoms with E-state index < -0.39 is 0 Å². The summed E-state index contributed by atoms with van der Waals surface area (Å²) in [6.07, 6.45) is 11.6. The van der Waals surface area contributed by atoms with Crippen molar-refractivity contribution in [3.05, 3.63) is 35.0 Å². The summed E-state index contributed by atoms with van der Waals surface area (Å²) in [5.41, 5.74) is 2.54. The van der Waals surface area contributed by atoms with Gasteiger partial charge in [-0.1, -0.05) is 37.3 Å². The number of amides is 1. The third-order valence-electron chi connectivity index (χ3n) is 6.59. The number of nitrogens with one attached hydrogen (secondary N) is 1. The maximum absolute atomic E-state index is 12.7. The van der Waals surface area contributed by atoms with E-state index in [2.05, 4.69) is 40.2 Å². The lowest BCUT2D eigenvalue weighted by Gasteiger charge is -2.32. The highest BCUT2D eigenvalue weighted by Crippen LogP contribution is 2.27. The first-order valence-corrected chi connectivity index (χ1v) is 11.2. The number of rotatable bonds is 4. The number of carbonyl (C=O) groups excluding carboxylic acids is 1. The van der Waals surface area contributed by atoms with Crippen molar-refractivity contribution in [2.24, 2.45) is 13.0 Å². The number of halogens is 1. The molecule has 1 aliphatic heterocycles. The molecule has 1 aromatic heterocycles. The van der Waals surface area contributed by atoms with Gasteiger partial charge in [-0.3, -0.25) is 9.69 Å². The first-order valence-electron chi connectivity index (χ1n) is 10.9. The highest BCUT2D eigenvalue weighted by atomic mass is 35.5. The van der Waals surface area contributed by atoms with Crippen molar-refractivity contribution in [3.8, 4) is 0 Å². The zero-order valence-corrected chi connectivity index (χ0v) is 17.7. The zero-order chi connectivity index (χ0) is 19.5. The van der Waals surface area contributed by atoms with Gasteiger partial charge < -0.3 is 9.88 Å². The minimum absolute atomic E-state index is 0.182. The summed E-state index contributed by atoms with van der Waals surface area (Å²) in [4.78, 5) is 15.2. The van der Waals surface area contributed by atoms with E-state index in [0.717, 1.165) is 50.3 Å². The molecule has 2 aliphatic rings. The number of carbonyl (C=O) groups is 1. The molecule has 1 amide bonds. The average Bonchev–Trinajstić information content (AvgIpc) is 2.86. The Balaban J connectivity index is 1.32. The van der Waals surface area contributed by atoms with Gasteiger partial charge >= 0.3 is 0 Å². The first-order chi connectivity index (χ1) is 13.6. The van der Waals surface area contributed by atoms with Crippen molar-refractivity contribution in [1.29, 1.82) is 0 Å².